The summed E-state index contributed by atoms with van der Waals surface area (Å²) in [6, 6.07) is 9.07. The number of fused-ring (bicyclic) bond motifs is 1. The molecule has 0 saturated heterocycles. The number of carbonyl (C=O) groups is 1. The maximum Gasteiger partial charge on any atom is 0.265 e. The largest absolute Gasteiger partial charge is 0.482 e. The first kappa shape index (κ1) is 15.1. The van der Waals surface area contributed by atoms with E-state index in [0.29, 0.717) is 30.5 Å². The van der Waals surface area contributed by atoms with Crippen molar-refractivity contribution in [3.05, 3.63) is 42.7 Å². The van der Waals surface area contributed by atoms with Crippen LogP contribution in [0.1, 0.15) is 6.92 Å². The van der Waals surface area contributed by atoms with Gasteiger partial charge in [-0.2, -0.15) is 0 Å². The molecule has 0 saturated carbocycles. The maximum absolute atomic E-state index is 12.3. The van der Waals surface area contributed by atoms with E-state index >= 15 is 0 Å². The zero-order valence-corrected chi connectivity index (χ0v) is 12.7. The van der Waals surface area contributed by atoms with E-state index in [0.717, 1.165) is 0 Å². The van der Waals surface area contributed by atoms with Gasteiger partial charge in [-0.15, -0.1) is 0 Å². The van der Waals surface area contributed by atoms with Gasteiger partial charge >= 0.3 is 0 Å². The average molecular weight is 314 g/mol. The molecule has 0 spiro atoms. The fourth-order valence-corrected chi connectivity index (χ4v) is 2.26. The number of hydrogen-bond donors (Lipinski definition) is 2. The van der Waals surface area contributed by atoms with Gasteiger partial charge in [-0.1, -0.05) is 12.1 Å². The van der Waals surface area contributed by atoms with E-state index in [-0.39, 0.29) is 12.0 Å². The number of rotatable bonds is 5. The third-order valence-corrected chi connectivity index (χ3v) is 3.37. The molecule has 2 atom stereocenters. The van der Waals surface area contributed by atoms with E-state index in [2.05, 4.69) is 20.6 Å². The number of aromatic nitrogens is 2. The molecule has 2 unspecified atom stereocenters. The van der Waals surface area contributed by atoms with Crippen LogP contribution in [0.2, 0.25) is 0 Å². The molecule has 2 heterocycles. The van der Waals surface area contributed by atoms with Gasteiger partial charge in [-0.25, -0.2) is 9.97 Å². The van der Waals surface area contributed by atoms with Crippen molar-refractivity contribution in [2.75, 3.05) is 18.4 Å². The molecule has 120 valence electrons. The number of amides is 1. The summed E-state index contributed by atoms with van der Waals surface area (Å²) in [7, 11) is 0. The Morgan fingerprint density at radius 3 is 2.52 bits per heavy atom. The molecular formula is C16H18N4O3. The van der Waals surface area contributed by atoms with E-state index in [1.807, 2.05) is 25.1 Å². The molecule has 2 aromatic rings. The Kier molecular flexibility index (Phi) is 4.56. The number of benzene rings is 1. The van der Waals surface area contributed by atoms with Gasteiger partial charge < -0.3 is 20.1 Å². The van der Waals surface area contributed by atoms with Crippen LogP contribution in [0.25, 0.3) is 0 Å². The van der Waals surface area contributed by atoms with Gasteiger partial charge in [0.05, 0.1) is 0 Å². The van der Waals surface area contributed by atoms with Gasteiger partial charge in [-0.3, -0.25) is 4.79 Å². The van der Waals surface area contributed by atoms with Crippen molar-refractivity contribution in [2.45, 2.75) is 19.1 Å². The number of anilines is 1. The molecule has 0 radical (unpaired) electrons. The molecule has 3 rings (SSSR count). The Morgan fingerprint density at radius 2 is 1.78 bits per heavy atom. The normalized spacial score (nSPS) is 19.0. The lowest BCUT2D eigenvalue weighted by Gasteiger charge is -2.31. The first-order valence-electron chi connectivity index (χ1n) is 7.45. The first-order valence-corrected chi connectivity index (χ1v) is 7.45. The zero-order valence-electron chi connectivity index (χ0n) is 12.7. The zero-order chi connectivity index (χ0) is 16.1. The summed E-state index contributed by atoms with van der Waals surface area (Å²) in [5.74, 6) is 1.57. The standard InChI is InChI=1S/C16H18N4O3/c1-11-14(23-13-6-3-2-5-12(13)22-11)15(21)17-9-10-20-16-18-7-4-8-19-16/h2-8,11,14H,9-10H2,1H3,(H,17,21)(H,18,19,20). The van der Waals surface area contributed by atoms with Crippen LogP contribution >= 0.6 is 0 Å². The lowest BCUT2D eigenvalue weighted by molar-refractivity contribution is -0.133. The van der Waals surface area contributed by atoms with E-state index < -0.39 is 6.10 Å². The van der Waals surface area contributed by atoms with Crippen molar-refractivity contribution in [3.63, 3.8) is 0 Å². The smallest absolute Gasteiger partial charge is 0.265 e. The second-order valence-corrected chi connectivity index (χ2v) is 5.10. The van der Waals surface area contributed by atoms with Gasteiger partial charge in [0.1, 0.15) is 6.10 Å². The highest BCUT2D eigenvalue weighted by molar-refractivity contribution is 5.82. The van der Waals surface area contributed by atoms with E-state index in [9.17, 15) is 4.79 Å². The molecule has 1 amide bonds. The molecule has 0 fully saturated rings. The second-order valence-electron chi connectivity index (χ2n) is 5.10. The molecular weight excluding hydrogens is 296 g/mol. The summed E-state index contributed by atoms with van der Waals surface area (Å²) in [5.41, 5.74) is 0. The van der Waals surface area contributed by atoms with E-state index in [1.165, 1.54) is 0 Å². The van der Waals surface area contributed by atoms with Crippen LogP contribution in [0.15, 0.2) is 42.7 Å². The monoisotopic (exact) mass is 314 g/mol. The summed E-state index contributed by atoms with van der Waals surface area (Å²) < 4.78 is 11.5. The number of nitrogens with zero attached hydrogens (tertiary/aromatic N) is 2. The van der Waals surface area contributed by atoms with Gasteiger partial charge in [0, 0.05) is 25.5 Å². The van der Waals surface area contributed by atoms with Gasteiger partial charge in [0.15, 0.2) is 11.5 Å². The van der Waals surface area contributed by atoms with Crippen molar-refractivity contribution in [2.24, 2.45) is 0 Å². The summed E-state index contributed by atoms with van der Waals surface area (Å²) >= 11 is 0. The predicted molar refractivity (Wildman–Crippen MR) is 84.5 cm³/mol. The Hall–Kier alpha value is -2.83. The highest BCUT2D eigenvalue weighted by atomic mass is 16.6. The van der Waals surface area contributed by atoms with Crippen LogP contribution in [0, 0.1) is 0 Å². The highest BCUT2D eigenvalue weighted by Gasteiger charge is 2.33. The van der Waals surface area contributed by atoms with Gasteiger partial charge in [0.25, 0.3) is 5.91 Å². The summed E-state index contributed by atoms with van der Waals surface area (Å²) in [4.78, 5) is 20.3. The number of hydrogen-bond acceptors (Lipinski definition) is 6. The number of carbonyl (C=O) groups excluding carboxylic acids is 1. The van der Waals surface area contributed by atoms with Crippen LogP contribution < -0.4 is 20.1 Å². The predicted octanol–water partition coefficient (Wildman–Crippen LogP) is 1.23. The molecule has 0 aliphatic carbocycles. The fourth-order valence-electron chi connectivity index (χ4n) is 2.26. The lowest BCUT2D eigenvalue weighted by Crippen LogP contribution is -2.49. The quantitative estimate of drug-likeness (QED) is 0.808. The number of nitrogens with one attached hydrogen (secondary N) is 2. The van der Waals surface area contributed by atoms with Crippen molar-refractivity contribution < 1.29 is 14.3 Å². The molecule has 1 aliphatic rings. The van der Waals surface area contributed by atoms with Crippen molar-refractivity contribution >= 4 is 11.9 Å². The molecule has 7 nitrogen and oxygen atoms in total. The van der Waals surface area contributed by atoms with Crippen LogP contribution in [-0.4, -0.2) is 41.2 Å². The van der Waals surface area contributed by atoms with Crippen LogP contribution in [0.3, 0.4) is 0 Å². The van der Waals surface area contributed by atoms with Crippen molar-refractivity contribution in [3.8, 4) is 11.5 Å². The van der Waals surface area contributed by atoms with Crippen molar-refractivity contribution in [1.29, 1.82) is 0 Å². The topological polar surface area (TPSA) is 85.4 Å². The van der Waals surface area contributed by atoms with Crippen LogP contribution in [-0.2, 0) is 4.79 Å². The molecule has 1 aromatic heterocycles. The number of para-hydroxylation sites is 2. The fraction of sp³-hybridized carbons (Fsp3) is 0.312. The molecule has 0 bridgehead atoms. The molecule has 1 aromatic carbocycles. The minimum absolute atomic E-state index is 0.206. The lowest BCUT2D eigenvalue weighted by atomic mass is 10.1. The Morgan fingerprint density at radius 1 is 1.09 bits per heavy atom. The van der Waals surface area contributed by atoms with Crippen LogP contribution in [0.5, 0.6) is 11.5 Å². The third-order valence-electron chi connectivity index (χ3n) is 3.37. The van der Waals surface area contributed by atoms with Gasteiger partial charge in [-0.05, 0) is 25.1 Å². The minimum Gasteiger partial charge on any atom is -0.482 e. The Balaban J connectivity index is 1.49. The van der Waals surface area contributed by atoms with Crippen molar-refractivity contribution in [1.82, 2.24) is 15.3 Å². The summed E-state index contributed by atoms with van der Waals surface area (Å²) in [5, 5.41) is 5.84. The molecule has 1 aliphatic heterocycles. The average Bonchev–Trinajstić information content (AvgIpc) is 2.59. The molecule has 23 heavy (non-hydrogen) atoms. The first-order chi connectivity index (χ1) is 11.2. The molecule has 2 N–H and O–H groups in total. The Bertz CT molecular complexity index is 665. The third kappa shape index (κ3) is 3.68. The summed E-state index contributed by atoms with van der Waals surface area (Å²) in [6.45, 7) is 2.77. The maximum atomic E-state index is 12.3. The number of ether oxygens (including phenoxy) is 2. The van der Waals surface area contributed by atoms with E-state index in [1.54, 1.807) is 24.5 Å². The van der Waals surface area contributed by atoms with E-state index in [4.69, 9.17) is 9.47 Å². The van der Waals surface area contributed by atoms with Crippen LogP contribution in [0.4, 0.5) is 5.95 Å². The Labute approximate surface area is 134 Å². The SMILES string of the molecule is CC1Oc2ccccc2OC1C(=O)NCCNc1ncccn1. The summed E-state index contributed by atoms with van der Waals surface area (Å²) in [6.07, 6.45) is 2.29. The minimum atomic E-state index is -0.669. The second kappa shape index (κ2) is 6.95. The molecule has 7 heteroatoms. The highest BCUT2D eigenvalue weighted by Crippen LogP contribution is 2.33. The van der Waals surface area contributed by atoms with Gasteiger partial charge in [0.2, 0.25) is 12.1 Å².